The summed E-state index contributed by atoms with van der Waals surface area (Å²) < 4.78 is 41.2. The van der Waals surface area contributed by atoms with Crippen LogP contribution in [0.2, 0.25) is 0 Å². The molecule has 0 spiro atoms. The van der Waals surface area contributed by atoms with Gasteiger partial charge < -0.3 is 14.0 Å². The Labute approximate surface area is 170 Å². The minimum atomic E-state index is -3.48. The fourth-order valence-corrected chi connectivity index (χ4v) is 4.53. The van der Waals surface area contributed by atoms with E-state index in [0.717, 1.165) is 34.3 Å². The summed E-state index contributed by atoms with van der Waals surface area (Å²) in [4.78, 5) is 4.30. The van der Waals surface area contributed by atoms with Gasteiger partial charge in [-0.05, 0) is 38.1 Å². The molecule has 3 aromatic rings. The first-order chi connectivity index (χ1) is 13.9. The van der Waals surface area contributed by atoms with Gasteiger partial charge in [-0.1, -0.05) is 12.1 Å². The minimum absolute atomic E-state index is 0.0319. The monoisotopic (exact) mass is 415 g/mol. The van der Waals surface area contributed by atoms with Crippen LogP contribution in [0.3, 0.4) is 0 Å². The van der Waals surface area contributed by atoms with Crippen LogP contribution in [0.25, 0.3) is 11.0 Å². The number of aryl methyl sites for hydroxylation is 1. The Balaban J connectivity index is 1.44. The first-order valence-corrected chi connectivity index (χ1v) is 11.4. The molecule has 1 aromatic heterocycles. The lowest BCUT2D eigenvalue weighted by molar-refractivity contribution is 0.254. The highest BCUT2D eigenvalue weighted by Gasteiger charge is 2.22. The Hall–Kier alpha value is -2.58. The predicted octanol–water partition coefficient (Wildman–Crippen LogP) is 2.88. The van der Waals surface area contributed by atoms with Gasteiger partial charge in [-0.3, -0.25) is 0 Å². The summed E-state index contributed by atoms with van der Waals surface area (Å²) in [6, 6.07) is 11.5. The van der Waals surface area contributed by atoms with Crippen molar-refractivity contribution in [2.75, 3.05) is 12.4 Å². The standard InChI is InChI=1S/C21H25N3O4S/c1-3-27-20-11-16-10-15(2)28-21(16)12-17(20)13-23-29(25,26)9-8-24-14-22-18-6-4-5-7-19(18)24/h4-7,11-12,14-15,23H,3,8-10,13H2,1-2H3/t15-/m1/s1. The van der Waals surface area contributed by atoms with E-state index in [-0.39, 0.29) is 18.4 Å². The maximum absolute atomic E-state index is 12.6. The number of rotatable bonds is 8. The van der Waals surface area contributed by atoms with E-state index in [1.165, 1.54) is 0 Å². The lowest BCUT2D eigenvalue weighted by atomic mass is 10.1. The molecule has 29 heavy (non-hydrogen) atoms. The van der Waals surface area contributed by atoms with Gasteiger partial charge in [-0.2, -0.15) is 0 Å². The van der Waals surface area contributed by atoms with Gasteiger partial charge in [0.25, 0.3) is 0 Å². The third-order valence-electron chi connectivity index (χ3n) is 4.99. The Morgan fingerprint density at radius 2 is 2.14 bits per heavy atom. The van der Waals surface area contributed by atoms with Crippen molar-refractivity contribution >= 4 is 21.1 Å². The van der Waals surface area contributed by atoms with E-state index in [1.807, 2.05) is 54.8 Å². The molecule has 0 saturated heterocycles. The number of hydrogen-bond donors (Lipinski definition) is 1. The minimum Gasteiger partial charge on any atom is -0.494 e. The van der Waals surface area contributed by atoms with Crippen molar-refractivity contribution in [3.63, 3.8) is 0 Å². The van der Waals surface area contributed by atoms with Crippen LogP contribution in [0, 0.1) is 0 Å². The molecule has 0 aliphatic carbocycles. The average Bonchev–Trinajstić information content (AvgIpc) is 3.27. The van der Waals surface area contributed by atoms with Crippen LogP contribution >= 0.6 is 0 Å². The van der Waals surface area contributed by atoms with Crippen molar-refractivity contribution in [1.29, 1.82) is 0 Å². The van der Waals surface area contributed by atoms with E-state index >= 15 is 0 Å². The second-order valence-electron chi connectivity index (χ2n) is 7.20. The van der Waals surface area contributed by atoms with Gasteiger partial charge in [0, 0.05) is 30.6 Å². The van der Waals surface area contributed by atoms with Gasteiger partial charge in [0.2, 0.25) is 10.0 Å². The summed E-state index contributed by atoms with van der Waals surface area (Å²) >= 11 is 0. The maximum atomic E-state index is 12.6. The molecule has 0 unspecified atom stereocenters. The molecule has 0 saturated carbocycles. The van der Waals surface area contributed by atoms with Gasteiger partial charge >= 0.3 is 0 Å². The van der Waals surface area contributed by atoms with Gasteiger partial charge in [-0.15, -0.1) is 0 Å². The van der Waals surface area contributed by atoms with Gasteiger partial charge in [0.1, 0.15) is 17.6 Å². The van der Waals surface area contributed by atoms with E-state index in [2.05, 4.69) is 9.71 Å². The molecule has 1 N–H and O–H groups in total. The van der Waals surface area contributed by atoms with Crippen molar-refractivity contribution in [1.82, 2.24) is 14.3 Å². The molecule has 154 valence electrons. The molecule has 8 heteroatoms. The molecule has 2 aromatic carbocycles. The molecule has 0 bridgehead atoms. The van der Waals surface area contributed by atoms with Crippen LogP contribution in [-0.4, -0.2) is 36.4 Å². The number of fused-ring (bicyclic) bond motifs is 2. The summed E-state index contributed by atoms with van der Waals surface area (Å²) in [5.41, 5.74) is 3.65. The molecule has 1 atom stereocenters. The van der Waals surface area contributed by atoms with Crippen LogP contribution in [-0.2, 0) is 29.5 Å². The number of aromatic nitrogens is 2. The van der Waals surface area contributed by atoms with Gasteiger partial charge in [0.05, 0.1) is 29.7 Å². The summed E-state index contributed by atoms with van der Waals surface area (Å²) in [5.74, 6) is 1.47. The van der Waals surface area contributed by atoms with E-state index in [9.17, 15) is 8.42 Å². The number of sulfonamides is 1. The fourth-order valence-electron chi connectivity index (χ4n) is 3.58. The maximum Gasteiger partial charge on any atom is 0.213 e. The third-order valence-corrected chi connectivity index (χ3v) is 6.29. The fraction of sp³-hybridized carbons (Fsp3) is 0.381. The van der Waals surface area contributed by atoms with E-state index < -0.39 is 10.0 Å². The molecule has 7 nitrogen and oxygen atoms in total. The Kier molecular flexibility index (Phi) is 5.47. The highest BCUT2D eigenvalue weighted by atomic mass is 32.2. The number of nitrogens with zero attached hydrogens (tertiary/aromatic N) is 2. The Morgan fingerprint density at radius 3 is 2.97 bits per heavy atom. The molecular weight excluding hydrogens is 390 g/mol. The highest BCUT2D eigenvalue weighted by Crippen LogP contribution is 2.35. The largest absolute Gasteiger partial charge is 0.494 e. The van der Waals surface area contributed by atoms with Crippen LogP contribution < -0.4 is 14.2 Å². The molecule has 1 aliphatic heterocycles. The molecule has 0 amide bonds. The van der Waals surface area contributed by atoms with Crippen LogP contribution in [0.1, 0.15) is 25.0 Å². The second kappa shape index (κ2) is 8.04. The first kappa shape index (κ1) is 19.7. The highest BCUT2D eigenvalue weighted by molar-refractivity contribution is 7.89. The Morgan fingerprint density at radius 1 is 1.31 bits per heavy atom. The molecule has 0 fully saturated rings. The van der Waals surface area contributed by atoms with Crippen LogP contribution in [0.15, 0.2) is 42.7 Å². The van der Waals surface area contributed by atoms with Crippen LogP contribution in [0.4, 0.5) is 0 Å². The zero-order chi connectivity index (χ0) is 20.4. The van der Waals surface area contributed by atoms with E-state index in [4.69, 9.17) is 9.47 Å². The third kappa shape index (κ3) is 4.38. The molecule has 1 aliphatic rings. The smallest absolute Gasteiger partial charge is 0.213 e. The lowest BCUT2D eigenvalue weighted by Crippen LogP contribution is -2.28. The number of benzene rings is 2. The van der Waals surface area contributed by atoms with Crippen LogP contribution in [0.5, 0.6) is 11.5 Å². The molecule has 0 radical (unpaired) electrons. The zero-order valence-electron chi connectivity index (χ0n) is 16.6. The molecular formula is C21H25N3O4S. The van der Waals surface area contributed by atoms with Crippen molar-refractivity contribution in [2.24, 2.45) is 0 Å². The van der Waals surface area contributed by atoms with Crippen molar-refractivity contribution in [2.45, 2.75) is 39.5 Å². The first-order valence-electron chi connectivity index (χ1n) is 9.77. The number of para-hydroxylation sites is 2. The summed E-state index contributed by atoms with van der Waals surface area (Å²) in [6.07, 6.45) is 2.63. The summed E-state index contributed by atoms with van der Waals surface area (Å²) in [7, 11) is -3.48. The normalized spacial score (nSPS) is 16.0. The Bertz CT molecular complexity index is 1120. The van der Waals surface area contributed by atoms with Crippen molar-refractivity contribution in [3.8, 4) is 11.5 Å². The molecule has 2 heterocycles. The SMILES string of the molecule is CCOc1cc2c(cc1CNS(=O)(=O)CCn1cnc3ccccc31)O[C@H](C)C2. The number of hydrogen-bond acceptors (Lipinski definition) is 5. The van der Waals surface area contributed by atoms with Crippen molar-refractivity contribution in [3.05, 3.63) is 53.9 Å². The number of ether oxygens (including phenoxy) is 2. The van der Waals surface area contributed by atoms with E-state index in [0.29, 0.717) is 18.9 Å². The summed E-state index contributed by atoms with van der Waals surface area (Å²) in [5, 5.41) is 0. The zero-order valence-corrected chi connectivity index (χ0v) is 17.4. The van der Waals surface area contributed by atoms with Crippen molar-refractivity contribution < 1.29 is 17.9 Å². The van der Waals surface area contributed by atoms with Gasteiger partial charge in [0.15, 0.2) is 0 Å². The lowest BCUT2D eigenvalue weighted by Gasteiger charge is -2.14. The summed E-state index contributed by atoms with van der Waals surface area (Å²) in [6.45, 7) is 4.94. The topological polar surface area (TPSA) is 82.5 Å². The van der Waals surface area contributed by atoms with E-state index in [1.54, 1.807) is 6.33 Å². The van der Waals surface area contributed by atoms with Gasteiger partial charge in [-0.25, -0.2) is 18.1 Å². The second-order valence-corrected chi connectivity index (χ2v) is 9.13. The number of nitrogens with one attached hydrogen (secondary N) is 1. The quantitative estimate of drug-likeness (QED) is 0.612. The number of imidazole rings is 1. The predicted molar refractivity (Wildman–Crippen MR) is 112 cm³/mol. The molecule has 4 rings (SSSR count). The average molecular weight is 416 g/mol.